The van der Waals surface area contributed by atoms with Crippen LogP contribution in [-0.2, 0) is 38.8 Å². The van der Waals surface area contributed by atoms with Gasteiger partial charge in [0.25, 0.3) is 5.91 Å². The normalized spacial score (nSPS) is 13.9. The van der Waals surface area contributed by atoms with E-state index in [4.69, 9.17) is 23.1 Å². The first-order valence-corrected chi connectivity index (χ1v) is 21.1. The van der Waals surface area contributed by atoms with E-state index in [1.54, 1.807) is 12.1 Å². The van der Waals surface area contributed by atoms with Crippen LogP contribution in [0.15, 0.2) is 53.4 Å². The van der Waals surface area contributed by atoms with E-state index >= 15 is 0 Å². The maximum absolute atomic E-state index is 13.9. The van der Waals surface area contributed by atoms with Gasteiger partial charge in [0.1, 0.15) is 24.2 Å². The topological polar surface area (TPSA) is 289 Å². The Balaban J connectivity index is 2.11. The zero-order valence-electron chi connectivity index (χ0n) is 34.0. The number of sulfonamides is 1. The second-order valence-corrected chi connectivity index (χ2v) is 16.7. The smallest absolute Gasteiger partial charge is 0.321 e. The summed E-state index contributed by atoms with van der Waals surface area (Å²) in [6.45, 7) is 7.49. The molecule has 0 heterocycles. The van der Waals surface area contributed by atoms with Gasteiger partial charge in [-0.05, 0) is 92.6 Å². The highest BCUT2D eigenvalue weighted by molar-refractivity contribution is 7.89. The third-order valence-corrected chi connectivity index (χ3v) is 11.1. The van der Waals surface area contributed by atoms with Gasteiger partial charge in [-0.2, -0.15) is 4.72 Å². The van der Waals surface area contributed by atoms with Crippen molar-refractivity contribution in [2.45, 2.75) is 102 Å². The molecule has 0 spiro atoms. The lowest BCUT2D eigenvalue weighted by molar-refractivity contribution is -0.144. The van der Waals surface area contributed by atoms with Crippen molar-refractivity contribution in [2.75, 3.05) is 25.5 Å². The molecule has 2 rings (SSSR count). The van der Waals surface area contributed by atoms with Crippen molar-refractivity contribution in [3.8, 4) is 0 Å². The minimum absolute atomic E-state index is 0.0474. The Labute approximate surface area is 350 Å². The van der Waals surface area contributed by atoms with E-state index in [1.165, 1.54) is 48.3 Å². The summed E-state index contributed by atoms with van der Waals surface area (Å²) in [4.78, 5) is 90.5. The maximum Gasteiger partial charge on any atom is 0.321 e. The molecule has 0 unspecified atom stereocenters. The first-order valence-electron chi connectivity index (χ1n) is 19.2. The molecule has 0 radical (unpaired) electrons. The van der Waals surface area contributed by atoms with Gasteiger partial charge in [0.2, 0.25) is 39.6 Å². The molecular formula is C39H57ClN8O10S. The number of carboxylic acid groups (broad SMARTS) is 1. The molecule has 5 atom stereocenters. The fourth-order valence-electron chi connectivity index (χ4n) is 5.95. The first kappa shape index (κ1) is 50.0. The van der Waals surface area contributed by atoms with Crippen LogP contribution >= 0.6 is 11.6 Å². The van der Waals surface area contributed by atoms with Crippen molar-refractivity contribution in [1.29, 1.82) is 0 Å². The molecule has 0 aromatic heterocycles. The molecule has 0 saturated heterocycles. The van der Waals surface area contributed by atoms with Gasteiger partial charge in [0.05, 0.1) is 4.90 Å². The molecule has 6 amide bonds. The predicted molar refractivity (Wildman–Crippen MR) is 221 cm³/mol. The molecular weight excluding hydrogens is 808 g/mol. The number of carbonyl (C=O) groups is 7. The van der Waals surface area contributed by atoms with Gasteiger partial charge < -0.3 is 42.7 Å². The highest BCUT2D eigenvalue weighted by Gasteiger charge is 2.36. The maximum atomic E-state index is 13.9. The molecule has 2 aromatic rings. The minimum Gasteiger partial charge on any atom is -0.480 e. The zero-order chi connectivity index (χ0) is 44.4. The van der Waals surface area contributed by atoms with E-state index in [2.05, 4.69) is 26.0 Å². The van der Waals surface area contributed by atoms with Crippen molar-refractivity contribution in [3.63, 3.8) is 0 Å². The summed E-state index contributed by atoms with van der Waals surface area (Å²) >= 11 is 5.86. The minimum atomic E-state index is -4.41. The van der Waals surface area contributed by atoms with Crippen LogP contribution in [0.2, 0.25) is 5.02 Å². The molecule has 2 aromatic carbocycles. The monoisotopic (exact) mass is 864 g/mol. The van der Waals surface area contributed by atoms with E-state index in [0.29, 0.717) is 23.4 Å². The van der Waals surface area contributed by atoms with Crippen molar-refractivity contribution >= 4 is 68.7 Å². The summed E-state index contributed by atoms with van der Waals surface area (Å²) in [5, 5.41) is 20.8. The van der Waals surface area contributed by atoms with Crippen LogP contribution in [0.3, 0.4) is 0 Å². The van der Waals surface area contributed by atoms with Gasteiger partial charge in [-0.3, -0.25) is 33.6 Å². The Morgan fingerprint density at radius 1 is 0.847 bits per heavy atom. The van der Waals surface area contributed by atoms with Crippen LogP contribution in [0.25, 0.3) is 0 Å². The fraction of sp³-hybridized carbons (Fsp3) is 0.513. The molecule has 0 fully saturated rings. The second-order valence-electron chi connectivity index (χ2n) is 14.6. The number of anilines is 1. The van der Waals surface area contributed by atoms with E-state index < -0.39 is 88.4 Å². The molecule has 10 N–H and O–H groups in total. The summed E-state index contributed by atoms with van der Waals surface area (Å²) in [5.74, 6) is -5.39. The molecule has 18 nitrogen and oxygen atoms in total. The average Bonchev–Trinajstić information content (AvgIpc) is 3.17. The number of hydrogen-bond donors (Lipinski definition) is 8. The Morgan fingerprint density at radius 2 is 1.47 bits per heavy atom. The number of benzene rings is 2. The SMILES string of the molecule is CC[C@H](C)[C@@H](C(=O)NCCCC(N)=O)N(C)C(=O)[C@H](CC(C)C)NC(=O)[C@H](CCN)NC(=O)CC[C@@H](NS(=O)(=O)c1ccc(NC(=O)c2ccc(Cl)cc2)cc1)C(=O)O. The predicted octanol–water partition coefficient (Wildman–Crippen LogP) is 1.72. The highest BCUT2D eigenvalue weighted by Crippen LogP contribution is 2.19. The number of aliphatic carboxylic acids is 1. The lowest BCUT2D eigenvalue weighted by Crippen LogP contribution is -2.58. The van der Waals surface area contributed by atoms with Crippen LogP contribution < -0.4 is 37.5 Å². The number of amides is 6. The molecule has 0 aliphatic rings. The van der Waals surface area contributed by atoms with Crippen LogP contribution in [0.5, 0.6) is 0 Å². The summed E-state index contributed by atoms with van der Waals surface area (Å²) in [7, 11) is -2.95. The fourth-order valence-corrected chi connectivity index (χ4v) is 7.30. The summed E-state index contributed by atoms with van der Waals surface area (Å²) in [5.41, 5.74) is 11.5. The Hall–Kier alpha value is -5.11. The summed E-state index contributed by atoms with van der Waals surface area (Å²) in [6.07, 6.45) is 0.0884. The van der Waals surface area contributed by atoms with Gasteiger partial charge >= 0.3 is 5.97 Å². The van der Waals surface area contributed by atoms with E-state index in [-0.39, 0.29) is 54.8 Å². The quantitative estimate of drug-likeness (QED) is 0.0665. The lowest BCUT2D eigenvalue weighted by Gasteiger charge is -2.35. The van der Waals surface area contributed by atoms with E-state index in [0.717, 1.165) is 0 Å². The molecule has 0 saturated carbocycles. The van der Waals surface area contributed by atoms with Gasteiger partial charge in [-0.1, -0.05) is 45.7 Å². The standard InChI is InChI=1S/C39H57ClN8O10S/c1-6-24(4)34(37(53)43-21-7-8-32(42)49)48(5)38(54)31(22-23(2)3)46-36(52)29(19-20-41)45-33(50)18-17-30(39(55)56)47-59(57,58)28-15-13-27(14-16-28)44-35(51)25-9-11-26(40)12-10-25/h9-16,23-24,29-31,34,47H,6-8,17-22,41H2,1-5H3,(H2,42,49)(H,43,53)(H,44,51)(H,45,50)(H,46,52)(H,55,56)/t24-,29-,30+,31-,34-/m0/s1. The van der Waals surface area contributed by atoms with Crippen molar-refractivity contribution < 1.29 is 47.1 Å². The largest absolute Gasteiger partial charge is 0.480 e. The Bertz CT molecular complexity index is 1880. The van der Waals surface area contributed by atoms with Crippen LogP contribution in [0.4, 0.5) is 5.69 Å². The number of hydrogen-bond acceptors (Lipinski definition) is 10. The lowest BCUT2D eigenvalue weighted by atomic mass is 9.95. The van der Waals surface area contributed by atoms with Gasteiger partial charge in [-0.15, -0.1) is 0 Å². The zero-order valence-corrected chi connectivity index (χ0v) is 35.5. The molecule has 0 aliphatic carbocycles. The molecule has 59 heavy (non-hydrogen) atoms. The number of carboxylic acids is 1. The third-order valence-electron chi connectivity index (χ3n) is 9.33. The number of nitrogens with two attached hydrogens (primary N) is 2. The number of rotatable bonds is 25. The molecule has 326 valence electrons. The average molecular weight is 865 g/mol. The molecule has 20 heteroatoms. The Kier molecular flexibility index (Phi) is 20.4. The number of nitrogens with zero attached hydrogens (tertiary/aromatic N) is 1. The molecule has 0 aliphatic heterocycles. The van der Waals surface area contributed by atoms with Gasteiger partial charge in [-0.25, -0.2) is 8.42 Å². The van der Waals surface area contributed by atoms with E-state index in [9.17, 15) is 47.1 Å². The second kappa shape index (κ2) is 24.1. The van der Waals surface area contributed by atoms with Crippen molar-refractivity contribution in [2.24, 2.45) is 23.3 Å². The summed E-state index contributed by atoms with van der Waals surface area (Å²) in [6, 6.07) is 6.12. The van der Waals surface area contributed by atoms with Crippen LogP contribution in [0, 0.1) is 11.8 Å². The van der Waals surface area contributed by atoms with Crippen LogP contribution in [-0.4, -0.2) is 104 Å². The number of primary amides is 1. The number of carbonyl (C=O) groups excluding carboxylic acids is 6. The van der Waals surface area contributed by atoms with Gasteiger partial charge in [0, 0.05) is 42.7 Å². The molecule has 0 bridgehead atoms. The highest BCUT2D eigenvalue weighted by atomic mass is 35.5. The first-order chi connectivity index (χ1) is 27.7. The van der Waals surface area contributed by atoms with E-state index in [1.807, 2.05) is 27.7 Å². The van der Waals surface area contributed by atoms with Crippen molar-refractivity contribution in [3.05, 3.63) is 59.1 Å². The van der Waals surface area contributed by atoms with Crippen LogP contribution in [0.1, 0.15) is 83.0 Å². The number of nitrogens with one attached hydrogen (secondary N) is 5. The van der Waals surface area contributed by atoms with Gasteiger partial charge in [0.15, 0.2) is 0 Å². The number of halogens is 1. The summed E-state index contributed by atoms with van der Waals surface area (Å²) < 4.78 is 28.3. The third kappa shape index (κ3) is 16.6. The van der Waals surface area contributed by atoms with Crippen molar-refractivity contribution in [1.82, 2.24) is 25.6 Å². The number of likely N-dealkylation sites (N-methyl/N-ethyl adjacent to an activating group) is 1. The Morgan fingerprint density at radius 3 is 2.02 bits per heavy atom.